The third-order valence-electron chi connectivity index (χ3n) is 4.95. The molecule has 1 saturated heterocycles. The highest BCUT2D eigenvalue weighted by molar-refractivity contribution is 5.93. The zero-order chi connectivity index (χ0) is 17.9. The second-order valence-electron chi connectivity index (χ2n) is 6.91. The molecule has 0 saturated carbocycles. The van der Waals surface area contributed by atoms with Crippen LogP contribution in [-0.2, 0) is 13.1 Å². The number of amides is 1. The molecule has 134 valence electrons. The third-order valence-corrected chi connectivity index (χ3v) is 4.95. The molecule has 3 aromatic rings. The Hall–Kier alpha value is -2.89. The Kier molecular flexibility index (Phi) is 4.56. The molecule has 1 aliphatic heterocycles. The number of pyridine rings is 1. The molecule has 1 amide bonds. The van der Waals surface area contributed by atoms with Crippen LogP contribution >= 0.6 is 0 Å². The van der Waals surface area contributed by atoms with Gasteiger partial charge in [0.25, 0.3) is 5.91 Å². The summed E-state index contributed by atoms with van der Waals surface area (Å²) in [5.41, 5.74) is 3.02. The SMILES string of the molecule is Cc1cnn(C[C@H]2CCCN2C(=O)c2cccn2Cc2ccncc2)c1. The largest absolute Gasteiger partial charge is 0.339 e. The molecule has 0 aliphatic carbocycles. The summed E-state index contributed by atoms with van der Waals surface area (Å²) < 4.78 is 3.97. The quantitative estimate of drug-likeness (QED) is 0.712. The van der Waals surface area contributed by atoms with Gasteiger partial charge in [-0.2, -0.15) is 5.10 Å². The predicted octanol–water partition coefficient (Wildman–Crippen LogP) is 2.74. The summed E-state index contributed by atoms with van der Waals surface area (Å²) in [6.07, 6.45) is 11.5. The van der Waals surface area contributed by atoms with E-state index in [2.05, 4.69) is 10.1 Å². The molecule has 6 heteroatoms. The number of carbonyl (C=O) groups excluding carboxylic acids is 1. The molecule has 26 heavy (non-hydrogen) atoms. The summed E-state index contributed by atoms with van der Waals surface area (Å²) in [6, 6.07) is 8.01. The normalized spacial score (nSPS) is 17.0. The molecule has 1 aliphatic rings. The lowest BCUT2D eigenvalue weighted by atomic mass is 10.2. The Labute approximate surface area is 153 Å². The van der Waals surface area contributed by atoms with Gasteiger partial charge in [0.2, 0.25) is 0 Å². The lowest BCUT2D eigenvalue weighted by Crippen LogP contribution is -2.39. The standard InChI is InChI=1S/C20H23N5O/c1-16-12-22-24(13-16)15-18-4-2-11-25(18)20(26)19-5-3-10-23(19)14-17-6-8-21-9-7-17/h3,5-10,12-13,18H,2,4,11,14-15H2,1H3/t18-/m1/s1. The lowest BCUT2D eigenvalue weighted by Gasteiger charge is -2.25. The van der Waals surface area contributed by atoms with Gasteiger partial charge in [-0.25, -0.2) is 0 Å². The smallest absolute Gasteiger partial charge is 0.270 e. The second-order valence-corrected chi connectivity index (χ2v) is 6.91. The van der Waals surface area contributed by atoms with Crippen molar-refractivity contribution >= 4 is 5.91 Å². The van der Waals surface area contributed by atoms with Gasteiger partial charge in [0, 0.05) is 37.9 Å². The molecule has 3 aromatic heterocycles. The Morgan fingerprint density at radius 2 is 2.12 bits per heavy atom. The first-order valence-corrected chi connectivity index (χ1v) is 9.05. The van der Waals surface area contributed by atoms with Crippen molar-refractivity contribution in [3.8, 4) is 0 Å². The topological polar surface area (TPSA) is 56.0 Å². The van der Waals surface area contributed by atoms with Crippen LogP contribution in [0.5, 0.6) is 0 Å². The molecule has 0 bridgehead atoms. The Balaban J connectivity index is 1.51. The average Bonchev–Trinajstić information content (AvgIpc) is 3.38. The highest BCUT2D eigenvalue weighted by Gasteiger charge is 2.31. The van der Waals surface area contributed by atoms with E-state index < -0.39 is 0 Å². The average molecular weight is 349 g/mol. The number of aryl methyl sites for hydroxylation is 1. The number of rotatable bonds is 5. The summed E-state index contributed by atoms with van der Waals surface area (Å²) in [6.45, 7) is 4.27. The van der Waals surface area contributed by atoms with E-state index in [-0.39, 0.29) is 11.9 Å². The van der Waals surface area contributed by atoms with Crippen LogP contribution in [0.15, 0.2) is 55.2 Å². The summed E-state index contributed by atoms with van der Waals surface area (Å²) in [5.74, 6) is 0.107. The van der Waals surface area contributed by atoms with E-state index in [4.69, 9.17) is 0 Å². The highest BCUT2D eigenvalue weighted by Crippen LogP contribution is 2.22. The van der Waals surface area contributed by atoms with Crippen LogP contribution in [0.1, 0.15) is 34.5 Å². The van der Waals surface area contributed by atoms with E-state index >= 15 is 0 Å². The Morgan fingerprint density at radius 3 is 2.88 bits per heavy atom. The van der Waals surface area contributed by atoms with Crippen LogP contribution in [-0.4, -0.2) is 42.7 Å². The maximum atomic E-state index is 13.2. The van der Waals surface area contributed by atoms with E-state index in [9.17, 15) is 4.79 Å². The van der Waals surface area contributed by atoms with Crippen molar-refractivity contribution in [3.63, 3.8) is 0 Å². The van der Waals surface area contributed by atoms with Crippen molar-refractivity contribution < 1.29 is 4.79 Å². The highest BCUT2D eigenvalue weighted by atomic mass is 16.2. The molecule has 4 rings (SSSR count). The first kappa shape index (κ1) is 16.6. The minimum absolute atomic E-state index is 0.107. The number of nitrogens with zero attached hydrogens (tertiary/aromatic N) is 5. The van der Waals surface area contributed by atoms with Gasteiger partial charge in [0.05, 0.1) is 18.8 Å². The Bertz CT molecular complexity index is 883. The minimum atomic E-state index is 0.107. The van der Waals surface area contributed by atoms with Crippen LogP contribution < -0.4 is 0 Å². The minimum Gasteiger partial charge on any atom is -0.339 e. The molecule has 0 unspecified atom stereocenters. The summed E-state index contributed by atoms with van der Waals surface area (Å²) in [7, 11) is 0. The fourth-order valence-corrected chi connectivity index (χ4v) is 3.65. The van der Waals surface area contributed by atoms with Crippen LogP contribution in [0, 0.1) is 6.92 Å². The third kappa shape index (κ3) is 3.40. The second kappa shape index (κ2) is 7.15. The molecule has 6 nitrogen and oxygen atoms in total. The van der Waals surface area contributed by atoms with Gasteiger partial charge >= 0.3 is 0 Å². The van der Waals surface area contributed by atoms with Gasteiger partial charge in [-0.05, 0) is 55.2 Å². The lowest BCUT2D eigenvalue weighted by molar-refractivity contribution is 0.0711. The fourth-order valence-electron chi connectivity index (χ4n) is 3.65. The molecule has 1 fully saturated rings. The van der Waals surface area contributed by atoms with Crippen LogP contribution in [0.2, 0.25) is 0 Å². The zero-order valence-electron chi connectivity index (χ0n) is 15.0. The first-order valence-electron chi connectivity index (χ1n) is 9.05. The zero-order valence-corrected chi connectivity index (χ0v) is 15.0. The number of likely N-dealkylation sites (tertiary alicyclic amines) is 1. The van der Waals surface area contributed by atoms with Gasteiger partial charge in [0.15, 0.2) is 0 Å². The van der Waals surface area contributed by atoms with Gasteiger partial charge in [-0.1, -0.05) is 0 Å². The number of hydrogen-bond donors (Lipinski definition) is 0. The van der Waals surface area contributed by atoms with E-state index in [1.165, 1.54) is 0 Å². The molecule has 0 aromatic carbocycles. The van der Waals surface area contributed by atoms with Crippen molar-refractivity contribution in [3.05, 3.63) is 72.1 Å². The molecule has 4 heterocycles. The monoisotopic (exact) mass is 349 g/mol. The van der Waals surface area contributed by atoms with Crippen molar-refractivity contribution in [2.45, 2.75) is 38.9 Å². The van der Waals surface area contributed by atoms with Crippen molar-refractivity contribution in [2.75, 3.05) is 6.54 Å². The molecule has 0 spiro atoms. The van der Waals surface area contributed by atoms with Gasteiger partial charge < -0.3 is 9.47 Å². The molecular weight excluding hydrogens is 326 g/mol. The maximum absolute atomic E-state index is 13.2. The van der Waals surface area contributed by atoms with Crippen LogP contribution in [0.4, 0.5) is 0 Å². The van der Waals surface area contributed by atoms with E-state index in [1.807, 2.05) is 63.9 Å². The van der Waals surface area contributed by atoms with Gasteiger partial charge in [-0.3, -0.25) is 14.5 Å². The van der Waals surface area contributed by atoms with Crippen molar-refractivity contribution in [1.82, 2.24) is 24.2 Å². The molecule has 0 N–H and O–H groups in total. The first-order chi connectivity index (χ1) is 12.7. The number of hydrogen-bond acceptors (Lipinski definition) is 3. The number of carbonyl (C=O) groups is 1. The molecule has 1 atom stereocenters. The van der Waals surface area contributed by atoms with Gasteiger partial charge in [0.1, 0.15) is 5.69 Å². The van der Waals surface area contributed by atoms with Gasteiger partial charge in [-0.15, -0.1) is 0 Å². The van der Waals surface area contributed by atoms with E-state index in [0.29, 0.717) is 6.54 Å². The van der Waals surface area contributed by atoms with Crippen LogP contribution in [0.25, 0.3) is 0 Å². The molecule has 0 radical (unpaired) electrons. The van der Waals surface area contributed by atoms with E-state index in [1.54, 1.807) is 12.4 Å². The van der Waals surface area contributed by atoms with E-state index in [0.717, 1.165) is 42.8 Å². The number of aromatic nitrogens is 4. The maximum Gasteiger partial charge on any atom is 0.270 e. The van der Waals surface area contributed by atoms with Crippen molar-refractivity contribution in [1.29, 1.82) is 0 Å². The summed E-state index contributed by atoms with van der Waals surface area (Å²) in [4.78, 5) is 19.3. The predicted molar refractivity (Wildman–Crippen MR) is 98.8 cm³/mol. The van der Waals surface area contributed by atoms with Crippen molar-refractivity contribution in [2.24, 2.45) is 0 Å². The molecular formula is C20H23N5O. The fraction of sp³-hybridized carbons (Fsp3) is 0.350. The Morgan fingerprint density at radius 1 is 1.27 bits per heavy atom. The summed E-state index contributed by atoms with van der Waals surface area (Å²) in [5, 5.41) is 4.38. The summed E-state index contributed by atoms with van der Waals surface area (Å²) >= 11 is 0. The van der Waals surface area contributed by atoms with Crippen LogP contribution in [0.3, 0.4) is 0 Å².